The number of morpholine rings is 1. The van der Waals surface area contributed by atoms with Gasteiger partial charge in [-0.15, -0.1) is 0 Å². The van der Waals surface area contributed by atoms with E-state index in [2.05, 4.69) is 32.2 Å². The van der Waals surface area contributed by atoms with Gasteiger partial charge in [0, 0.05) is 32.1 Å². The number of ether oxygens (including phenoxy) is 1. The molecule has 1 aromatic heterocycles. The van der Waals surface area contributed by atoms with Gasteiger partial charge in [-0.05, 0) is 44.7 Å². The zero-order valence-electron chi connectivity index (χ0n) is 17.9. The molecule has 1 N–H and O–H groups in total. The fourth-order valence-electron chi connectivity index (χ4n) is 5.47. The van der Waals surface area contributed by atoms with Gasteiger partial charge in [0.1, 0.15) is 0 Å². The van der Waals surface area contributed by atoms with E-state index in [-0.39, 0.29) is 11.3 Å². The summed E-state index contributed by atoms with van der Waals surface area (Å²) >= 11 is 0. The standard InChI is InChI=1S/C21H35N5O3/c1-3-18-23-19(29-24-18)14-22-20(27)21-7-5-17(26-9-11-28-12-10-26)13-16(21)6-8-25(4-2)15-21/h16-17H,3-15H2,1-2H3,(H,22,27)/t16-,17+,21-/m1/s1. The summed E-state index contributed by atoms with van der Waals surface area (Å²) in [6, 6.07) is 0.584. The number of rotatable bonds is 6. The van der Waals surface area contributed by atoms with E-state index in [0.717, 1.165) is 78.0 Å². The maximum atomic E-state index is 13.5. The second kappa shape index (κ2) is 9.10. The molecule has 3 atom stereocenters. The van der Waals surface area contributed by atoms with Crippen LogP contribution in [0.4, 0.5) is 0 Å². The first-order chi connectivity index (χ1) is 14.1. The summed E-state index contributed by atoms with van der Waals surface area (Å²) in [5, 5.41) is 7.07. The Morgan fingerprint density at radius 2 is 2.07 bits per heavy atom. The average molecular weight is 406 g/mol. The number of carbonyl (C=O) groups excluding carboxylic acids is 1. The van der Waals surface area contributed by atoms with Gasteiger partial charge < -0.3 is 19.5 Å². The van der Waals surface area contributed by atoms with Crippen LogP contribution < -0.4 is 5.32 Å². The van der Waals surface area contributed by atoms with Crippen molar-refractivity contribution in [3.8, 4) is 0 Å². The summed E-state index contributed by atoms with van der Waals surface area (Å²) < 4.78 is 10.8. The Morgan fingerprint density at radius 1 is 1.24 bits per heavy atom. The minimum absolute atomic E-state index is 0.164. The van der Waals surface area contributed by atoms with E-state index in [9.17, 15) is 4.79 Å². The van der Waals surface area contributed by atoms with Crippen LogP contribution >= 0.6 is 0 Å². The van der Waals surface area contributed by atoms with Crippen molar-refractivity contribution < 1.29 is 14.1 Å². The number of nitrogens with one attached hydrogen (secondary N) is 1. The molecule has 0 radical (unpaired) electrons. The zero-order chi connectivity index (χ0) is 20.3. The lowest BCUT2D eigenvalue weighted by Crippen LogP contribution is -2.60. The van der Waals surface area contributed by atoms with Crippen molar-refractivity contribution >= 4 is 5.91 Å². The van der Waals surface area contributed by atoms with Gasteiger partial charge in [-0.2, -0.15) is 4.98 Å². The van der Waals surface area contributed by atoms with E-state index in [0.29, 0.717) is 30.2 Å². The smallest absolute Gasteiger partial charge is 0.246 e. The largest absolute Gasteiger partial charge is 0.379 e. The lowest BCUT2D eigenvalue weighted by molar-refractivity contribution is -0.145. The molecule has 1 aliphatic carbocycles. The number of hydrogen-bond acceptors (Lipinski definition) is 7. The quantitative estimate of drug-likeness (QED) is 0.767. The monoisotopic (exact) mass is 405 g/mol. The van der Waals surface area contributed by atoms with Gasteiger partial charge in [0.15, 0.2) is 5.82 Å². The lowest BCUT2D eigenvalue weighted by atomic mass is 9.61. The van der Waals surface area contributed by atoms with Gasteiger partial charge in [-0.3, -0.25) is 9.69 Å². The number of piperidine rings is 1. The predicted octanol–water partition coefficient (Wildman–Crippen LogP) is 1.46. The van der Waals surface area contributed by atoms with Crippen LogP contribution in [0.15, 0.2) is 4.52 Å². The molecule has 3 heterocycles. The van der Waals surface area contributed by atoms with E-state index >= 15 is 0 Å². The second-order valence-corrected chi connectivity index (χ2v) is 8.73. The molecule has 4 rings (SSSR count). The number of amides is 1. The molecule has 1 amide bonds. The Morgan fingerprint density at radius 3 is 2.79 bits per heavy atom. The van der Waals surface area contributed by atoms with Gasteiger partial charge in [-0.1, -0.05) is 19.0 Å². The maximum Gasteiger partial charge on any atom is 0.246 e. The number of carbonyl (C=O) groups is 1. The van der Waals surface area contributed by atoms with E-state index in [1.807, 2.05) is 6.92 Å². The Kier molecular flexibility index (Phi) is 6.51. The van der Waals surface area contributed by atoms with Crippen LogP contribution in [0.2, 0.25) is 0 Å². The van der Waals surface area contributed by atoms with Crippen molar-refractivity contribution in [1.82, 2.24) is 25.3 Å². The van der Waals surface area contributed by atoms with Crippen LogP contribution in [0.25, 0.3) is 0 Å². The number of fused-ring (bicyclic) bond motifs is 1. The third-order valence-corrected chi connectivity index (χ3v) is 7.25. The summed E-state index contributed by atoms with van der Waals surface area (Å²) in [7, 11) is 0. The highest BCUT2D eigenvalue weighted by Crippen LogP contribution is 2.47. The number of aryl methyl sites for hydroxylation is 1. The minimum atomic E-state index is -0.301. The number of hydrogen-bond donors (Lipinski definition) is 1. The Labute approximate surface area is 173 Å². The van der Waals surface area contributed by atoms with Gasteiger partial charge in [0.25, 0.3) is 0 Å². The van der Waals surface area contributed by atoms with Crippen molar-refractivity contribution in [1.29, 1.82) is 0 Å². The SMILES string of the molecule is CCc1noc(CNC(=O)[C@@]23CC[C@H](N4CCOCC4)C[C@H]2CCN(CC)C3)n1. The fraction of sp³-hybridized carbons (Fsp3) is 0.857. The number of nitrogens with zero attached hydrogens (tertiary/aromatic N) is 4. The van der Waals surface area contributed by atoms with Gasteiger partial charge in [0.05, 0.1) is 25.2 Å². The topological polar surface area (TPSA) is 83.7 Å². The zero-order valence-corrected chi connectivity index (χ0v) is 17.9. The first-order valence-corrected chi connectivity index (χ1v) is 11.3. The Hall–Kier alpha value is -1.51. The molecule has 162 valence electrons. The molecule has 8 nitrogen and oxygen atoms in total. The Balaban J connectivity index is 1.45. The molecule has 8 heteroatoms. The normalized spacial score (nSPS) is 31.4. The highest BCUT2D eigenvalue weighted by atomic mass is 16.5. The van der Waals surface area contributed by atoms with Crippen LogP contribution in [0.5, 0.6) is 0 Å². The first kappa shape index (κ1) is 20.8. The van der Waals surface area contributed by atoms with Gasteiger partial charge in [-0.25, -0.2) is 0 Å². The van der Waals surface area contributed by atoms with Gasteiger partial charge >= 0.3 is 0 Å². The van der Waals surface area contributed by atoms with Crippen LogP contribution in [-0.2, 0) is 22.5 Å². The predicted molar refractivity (Wildman–Crippen MR) is 108 cm³/mol. The van der Waals surface area contributed by atoms with Crippen molar-refractivity contribution in [2.45, 2.75) is 58.5 Å². The molecule has 3 fully saturated rings. The second-order valence-electron chi connectivity index (χ2n) is 8.73. The summed E-state index contributed by atoms with van der Waals surface area (Å²) in [5.74, 6) is 1.78. The maximum absolute atomic E-state index is 13.5. The summed E-state index contributed by atoms with van der Waals surface area (Å²) in [6.07, 6.45) is 4.99. The number of likely N-dealkylation sites (tertiary alicyclic amines) is 1. The minimum Gasteiger partial charge on any atom is -0.379 e. The number of aromatic nitrogens is 2. The van der Waals surface area contributed by atoms with Crippen molar-refractivity contribution in [2.24, 2.45) is 11.3 Å². The molecule has 29 heavy (non-hydrogen) atoms. The lowest BCUT2D eigenvalue weighted by Gasteiger charge is -2.53. The van der Waals surface area contributed by atoms with Crippen LogP contribution in [0, 0.1) is 11.3 Å². The highest BCUT2D eigenvalue weighted by Gasteiger charge is 2.52. The molecule has 2 aliphatic heterocycles. The van der Waals surface area contributed by atoms with E-state index in [1.165, 1.54) is 0 Å². The van der Waals surface area contributed by atoms with Crippen molar-refractivity contribution in [3.05, 3.63) is 11.7 Å². The molecule has 0 aromatic carbocycles. The fourth-order valence-corrected chi connectivity index (χ4v) is 5.47. The average Bonchev–Trinajstić information content (AvgIpc) is 3.25. The van der Waals surface area contributed by atoms with E-state index in [1.54, 1.807) is 0 Å². The molecule has 0 bridgehead atoms. The summed E-state index contributed by atoms with van der Waals surface area (Å²) in [4.78, 5) is 22.8. The van der Waals surface area contributed by atoms with Crippen molar-refractivity contribution in [2.75, 3.05) is 45.9 Å². The van der Waals surface area contributed by atoms with E-state index < -0.39 is 0 Å². The van der Waals surface area contributed by atoms with Crippen LogP contribution in [0.1, 0.15) is 51.2 Å². The summed E-state index contributed by atoms with van der Waals surface area (Å²) in [6.45, 7) is 11.2. The Bertz CT molecular complexity index is 690. The first-order valence-electron chi connectivity index (χ1n) is 11.3. The van der Waals surface area contributed by atoms with Crippen LogP contribution in [-0.4, -0.2) is 77.8 Å². The van der Waals surface area contributed by atoms with Crippen LogP contribution in [0.3, 0.4) is 0 Å². The summed E-state index contributed by atoms with van der Waals surface area (Å²) in [5.41, 5.74) is -0.301. The molecular weight excluding hydrogens is 370 g/mol. The molecular formula is C21H35N5O3. The molecule has 1 aromatic rings. The third-order valence-electron chi connectivity index (χ3n) is 7.25. The molecule has 3 aliphatic rings. The molecule has 2 saturated heterocycles. The van der Waals surface area contributed by atoms with Crippen molar-refractivity contribution in [3.63, 3.8) is 0 Å². The molecule has 0 spiro atoms. The van der Waals surface area contributed by atoms with E-state index in [4.69, 9.17) is 9.26 Å². The highest BCUT2D eigenvalue weighted by molar-refractivity contribution is 5.83. The third kappa shape index (κ3) is 4.34. The molecule has 0 unspecified atom stereocenters. The van der Waals surface area contributed by atoms with Gasteiger partial charge in [0.2, 0.25) is 11.8 Å². The molecule has 1 saturated carbocycles.